The molecule has 1 aromatic rings. The Morgan fingerprint density at radius 2 is 2.07 bits per heavy atom. The van der Waals surface area contributed by atoms with Crippen LogP contribution in [-0.2, 0) is 11.2 Å². The lowest BCUT2D eigenvalue weighted by atomic mass is 10.1. The Labute approximate surface area is 83.2 Å². The summed E-state index contributed by atoms with van der Waals surface area (Å²) in [6, 6.07) is 9.50. The van der Waals surface area contributed by atoms with Gasteiger partial charge in [-0.1, -0.05) is 30.3 Å². The van der Waals surface area contributed by atoms with Gasteiger partial charge in [-0.05, 0) is 18.6 Å². The minimum Gasteiger partial charge on any atom is -0.477 e. The van der Waals surface area contributed by atoms with Gasteiger partial charge in [-0.2, -0.15) is 0 Å². The first-order chi connectivity index (χ1) is 6.74. The average Bonchev–Trinajstić information content (AvgIpc) is 2.18. The van der Waals surface area contributed by atoms with Gasteiger partial charge in [0, 0.05) is 6.42 Å². The zero-order chi connectivity index (χ0) is 10.4. The molecule has 1 rings (SSSR count). The highest BCUT2D eigenvalue weighted by atomic mass is 16.4. The van der Waals surface area contributed by atoms with Crippen molar-refractivity contribution in [2.24, 2.45) is 0 Å². The second-order valence-corrected chi connectivity index (χ2v) is 2.88. The molecule has 0 saturated carbocycles. The topological polar surface area (TPSA) is 37.3 Å². The second-order valence-electron chi connectivity index (χ2n) is 2.88. The van der Waals surface area contributed by atoms with Crippen molar-refractivity contribution in [2.45, 2.75) is 13.3 Å². The van der Waals surface area contributed by atoms with Crippen LogP contribution in [0, 0.1) is 0 Å². The number of benzene rings is 1. The molecule has 0 amide bonds. The van der Waals surface area contributed by atoms with Crippen LogP contribution in [0.3, 0.4) is 0 Å². The number of carboxylic acids is 1. The molecule has 0 spiro atoms. The first-order valence-electron chi connectivity index (χ1n) is 4.41. The van der Waals surface area contributed by atoms with Crippen LogP contribution >= 0.6 is 0 Å². The van der Waals surface area contributed by atoms with E-state index in [1.165, 1.54) is 0 Å². The van der Waals surface area contributed by atoms with Gasteiger partial charge in [-0.15, -0.1) is 5.73 Å². The third-order valence-corrected chi connectivity index (χ3v) is 1.80. The first kappa shape index (κ1) is 10.3. The summed E-state index contributed by atoms with van der Waals surface area (Å²) in [4.78, 5) is 10.8. The summed E-state index contributed by atoms with van der Waals surface area (Å²) < 4.78 is 0. The summed E-state index contributed by atoms with van der Waals surface area (Å²) in [7, 11) is 0. The lowest BCUT2D eigenvalue weighted by Gasteiger charge is -1.99. The Hall–Kier alpha value is -1.79. The molecule has 14 heavy (non-hydrogen) atoms. The normalized spacial score (nSPS) is 8.93. The monoisotopic (exact) mass is 188 g/mol. The average molecular weight is 188 g/mol. The van der Waals surface area contributed by atoms with Gasteiger partial charge in [-0.25, -0.2) is 4.79 Å². The maximum absolute atomic E-state index is 10.8. The van der Waals surface area contributed by atoms with E-state index < -0.39 is 5.97 Å². The van der Waals surface area contributed by atoms with E-state index in [2.05, 4.69) is 5.73 Å². The standard InChI is InChI=1S/C12H12O2/c1-2-6-11(12(13)14)9-10-7-4-3-5-8-10/h2-5,7-8H,9H2,1H3,(H,13,14). The van der Waals surface area contributed by atoms with Crippen LogP contribution in [0.2, 0.25) is 0 Å². The zero-order valence-corrected chi connectivity index (χ0v) is 8.03. The van der Waals surface area contributed by atoms with E-state index >= 15 is 0 Å². The smallest absolute Gasteiger partial charge is 0.339 e. The van der Waals surface area contributed by atoms with E-state index in [4.69, 9.17) is 5.11 Å². The molecule has 0 aliphatic heterocycles. The van der Waals surface area contributed by atoms with Gasteiger partial charge in [0.05, 0.1) is 5.57 Å². The summed E-state index contributed by atoms with van der Waals surface area (Å²) >= 11 is 0. The van der Waals surface area contributed by atoms with E-state index in [1.807, 2.05) is 30.3 Å². The molecular formula is C12H12O2. The molecule has 0 radical (unpaired) electrons. The third-order valence-electron chi connectivity index (χ3n) is 1.80. The molecule has 72 valence electrons. The van der Waals surface area contributed by atoms with Gasteiger partial charge in [0.1, 0.15) is 0 Å². The van der Waals surface area contributed by atoms with E-state index in [1.54, 1.807) is 13.0 Å². The van der Waals surface area contributed by atoms with Gasteiger partial charge in [0.2, 0.25) is 0 Å². The van der Waals surface area contributed by atoms with Gasteiger partial charge in [0.15, 0.2) is 0 Å². The predicted octanol–water partition coefficient (Wildman–Crippen LogP) is 2.42. The van der Waals surface area contributed by atoms with Crippen molar-refractivity contribution in [3.05, 3.63) is 53.3 Å². The Balaban J connectivity index is 2.87. The van der Waals surface area contributed by atoms with Gasteiger partial charge >= 0.3 is 5.97 Å². The second kappa shape index (κ2) is 5.05. The molecule has 0 fully saturated rings. The zero-order valence-electron chi connectivity index (χ0n) is 8.03. The van der Waals surface area contributed by atoms with Crippen molar-refractivity contribution in [3.8, 4) is 0 Å². The highest BCUT2D eigenvalue weighted by Crippen LogP contribution is 2.06. The summed E-state index contributed by atoms with van der Waals surface area (Å²) in [6.07, 6.45) is 2.03. The molecule has 1 aromatic carbocycles. The molecule has 0 aliphatic carbocycles. The molecule has 2 nitrogen and oxygen atoms in total. The highest BCUT2D eigenvalue weighted by Gasteiger charge is 2.06. The molecule has 1 N–H and O–H groups in total. The number of carbonyl (C=O) groups is 1. The molecule has 0 bridgehead atoms. The number of hydrogen-bond donors (Lipinski definition) is 1. The van der Waals surface area contributed by atoms with Crippen LogP contribution in [0.15, 0.2) is 47.7 Å². The maximum Gasteiger partial charge on any atom is 0.339 e. The van der Waals surface area contributed by atoms with Crippen LogP contribution in [-0.4, -0.2) is 11.1 Å². The fourth-order valence-electron chi connectivity index (χ4n) is 1.16. The van der Waals surface area contributed by atoms with Crippen LogP contribution in [0.1, 0.15) is 12.5 Å². The highest BCUT2D eigenvalue weighted by molar-refractivity contribution is 5.86. The molecule has 0 heterocycles. The van der Waals surface area contributed by atoms with Crippen molar-refractivity contribution in [1.82, 2.24) is 0 Å². The molecule has 0 saturated heterocycles. The largest absolute Gasteiger partial charge is 0.477 e. The number of carboxylic acid groups (broad SMARTS) is 1. The number of aliphatic carboxylic acids is 1. The molecule has 0 aliphatic rings. The van der Waals surface area contributed by atoms with E-state index in [0.29, 0.717) is 12.0 Å². The lowest BCUT2D eigenvalue weighted by molar-refractivity contribution is -0.132. The summed E-state index contributed by atoms with van der Waals surface area (Å²) in [5, 5.41) is 8.85. The van der Waals surface area contributed by atoms with Crippen molar-refractivity contribution < 1.29 is 9.90 Å². The predicted molar refractivity (Wildman–Crippen MR) is 55.1 cm³/mol. The maximum atomic E-state index is 10.8. The van der Waals surface area contributed by atoms with Crippen molar-refractivity contribution >= 4 is 5.97 Å². The van der Waals surface area contributed by atoms with Crippen molar-refractivity contribution in [3.63, 3.8) is 0 Å². The summed E-state index contributed by atoms with van der Waals surface area (Å²) in [5.41, 5.74) is 4.00. The van der Waals surface area contributed by atoms with E-state index in [9.17, 15) is 4.79 Å². The minimum atomic E-state index is -0.910. The fourth-order valence-corrected chi connectivity index (χ4v) is 1.16. The van der Waals surface area contributed by atoms with Crippen LogP contribution < -0.4 is 0 Å². The summed E-state index contributed by atoms with van der Waals surface area (Å²) in [5.74, 6) is -0.910. The Morgan fingerprint density at radius 1 is 1.43 bits per heavy atom. The molecule has 0 aromatic heterocycles. The summed E-state index contributed by atoms with van der Waals surface area (Å²) in [6.45, 7) is 1.76. The van der Waals surface area contributed by atoms with Gasteiger partial charge < -0.3 is 5.11 Å². The van der Waals surface area contributed by atoms with Gasteiger partial charge in [0.25, 0.3) is 0 Å². The van der Waals surface area contributed by atoms with Gasteiger partial charge in [-0.3, -0.25) is 0 Å². The van der Waals surface area contributed by atoms with E-state index in [0.717, 1.165) is 5.56 Å². The van der Waals surface area contributed by atoms with Crippen LogP contribution in [0.5, 0.6) is 0 Å². The molecular weight excluding hydrogens is 176 g/mol. The van der Waals surface area contributed by atoms with Crippen LogP contribution in [0.4, 0.5) is 0 Å². The Kier molecular flexibility index (Phi) is 3.71. The minimum absolute atomic E-state index is 0.290. The Bertz CT molecular complexity index is 371. The van der Waals surface area contributed by atoms with E-state index in [-0.39, 0.29) is 0 Å². The van der Waals surface area contributed by atoms with Crippen molar-refractivity contribution in [1.29, 1.82) is 0 Å². The van der Waals surface area contributed by atoms with Crippen LogP contribution in [0.25, 0.3) is 0 Å². The molecule has 0 unspecified atom stereocenters. The number of rotatable bonds is 3. The third kappa shape index (κ3) is 2.92. The first-order valence-corrected chi connectivity index (χ1v) is 4.41. The lowest BCUT2D eigenvalue weighted by Crippen LogP contribution is -2.02. The van der Waals surface area contributed by atoms with Crippen molar-refractivity contribution in [2.75, 3.05) is 0 Å². The number of hydrogen-bond acceptors (Lipinski definition) is 1. The SMILES string of the molecule is CC=C=C(Cc1ccccc1)C(=O)O. The fraction of sp³-hybridized carbons (Fsp3) is 0.167. The Morgan fingerprint density at radius 3 is 2.57 bits per heavy atom. The quantitative estimate of drug-likeness (QED) is 0.584. The molecule has 0 atom stereocenters. The molecule has 2 heteroatoms.